The summed E-state index contributed by atoms with van der Waals surface area (Å²) in [7, 11) is 0. The summed E-state index contributed by atoms with van der Waals surface area (Å²) in [4.78, 5) is 21.7. The van der Waals surface area contributed by atoms with Crippen molar-refractivity contribution >= 4 is 11.9 Å². The van der Waals surface area contributed by atoms with E-state index in [9.17, 15) is 9.59 Å². The monoisotopic (exact) mass is 222 g/mol. The maximum Gasteiger partial charge on any atom is 0.339 e. The summed E-state index contributed by atoms with van der Waals surface area (Å²) < 4.78 is 4.83. The zero-order valence-electron chi connectivity index (χ0n) is 8.29. The van der Waals surface area contributed by atoms with Crippen molar-refractivity contribution in [3.63, 3.8) is 0 Å². The Balaban J connectivity index is 2.19. The summed E-state index contributed by atoms with van der Waals surface area (Å²) >= 11 is 0. The molecule has 1 aliphatic rings. The van der Waals surface area contributed by atoms with Crippen molar-refractivity contribution in [2.75, 3.05) is 0 Å². The lowest BCUT2D eigenvalue weighted by Gasteiger charge is -2.06. The average Bonchev–Trinajstić information content (AvgIpc) is 2.95. The van der Waals surface area contributed by atoms with E-state index in [2.05, 4.69) is 0 Å². The second kappa shape index (κ2) is 3.61. The van der Waals surface area contributed by atoms with E-state index in [1.165, 1.54) is 0 Å². The van der Waals surface area contributed by atoms with Gasteiger partial charge >= 0.3 is 11.9 Å². The van der Waals surface area contributed by atoms with Gasteiger partial charge in [-0.05, 0) is 5.56 Å². The minimum Gasteiger partial charge on any atom is -0.479 e. The first kappa shape index (κ1) is 10.6. The first-order chi connectivity index (χ1) is 7.56. The number of carboxylic acids is 2. The predicted molar refractivity (Wildman–Crippen MR) is 53.0 cm³/mol. The topological polar surface area (TPSA) is 87.1 Å². The van der Waals surface area contributed by atoms with Crippen LogP contribution in [0.4, 0.5) is 0 Å². The fraction of sp³-hybridized carbons (Fsp3) is 0.273. The van der Waals surface area contributed by atoms with E-state index in [1.54, 1.807) is 30.3 Å². The molecule has 0 amide bonds. The zero-order valence-corrected chi connectivity index (χ0v) is 8.29. The molecule has 84 valence electrons. The van der Waals surface area contributed by atoms with Gasteiger partial charge in [0.15, 0.2) is 6.10 Å². The summed E-state index contributed by atoms with van der Waals surface area (Å²) in [5.74, 6) is -2.47. The smallest absolute Gasteiger partial charge is 0.339 e. The van der Waals surface area contributed by atoms with Gasteiger partial charge in [0.05, 0.1) is 0 Å². The zero-order chi connectivity index (χ0) is 11.8. The van der Waals surface area contributed by atoms with Crippen LogP contribution in [0.25, 0.3) is 0 Å². The van der Waals surface area contributed by atoms with E-state index in [0.717, 1.165) is 5.56 Å². The van der Waals surface area contributed by atoms with E-state index < -0.39 is 23.6 Å². The summed E-state index contributed by atoms with van der Waals surface area (Å²) in [5, 5.41) is 17.7. The SMILES string of the molecule is O=C(O)[C@H]1O[C@]1(Cc1ccccc1)C(=O)O. The van der Waals surface area contributed by atoms with E-state index >= 15 is 0 Å². The second-order valence-electron chi connectivity index (χ2n) is 3.69. The maximum absolute atomic E-state index is 11.0. The van der Waals surface area contributed by atoms with Crippen LogP contribution in [0.2, 0.25) is 0 Å². The van der Waals surface area contributed by atoms with Crippen molar-refractivity contribution in [2.24, 2.45) is 0 Å². The number of benzene rings is 1. The number of aliphatic carboxylic acids is 2. The largest absolute Gasteiger partial charge is 0.479 e. The van der Waals surface area contributed by atoms with Crippen LogP contribution < -0.4 is 0 Å². The first-order valence-corrected chi connectivity index (χ1v) is 4.74. The Bertz CT molecular complexity index is 427. The van der Waals surface area contributed by atoms with Crippen LogP contribution in [0.3, 0.4) is 0 Å². The van der Waals surface area contributed by atoms with E-state index in [1.807, 2.05) is 0 Å². The lowest BCUT2D eigenvalue weighted by Crippen LogP contribution is -2.32. The standard InChI is InChI=1S/C11H10O5/c12-9(13)8-11(16-8,10(14)15)6-7-4-2-1-3-5-7/h1-5,8H,6H2,(H,12,13)(H,14,15)/t8-,11+/m1/s1. The number of ether oxygens (including phenoxy) is 1. The van der Waals surface area contributed by atoms with Crippen LogP contribution in [-0.4, -0.2) is 33.9 Å². The van der Waals surface area contributed by atoms with Crippen LogP contribution in [0.5, 0.6) is 0 Å². The highest BCUT2D eigenvalue weighted by atomic mass is 16.6. The van der Waals surface area contributed by atoms with Gasteiger partial charge in [0.1, 0.15) is 0 Å². The third-order valence-corrected chi connectivity index (χ3v) is 2.59. The molecule has 1 aliphatic heterocycles. The third kappa shape index (κ3) is 1.65. The number of hydrogen-bond donors (Lipinski definition) is 2. The molecule has 1 aromatic carbocycles. The molecule has 0 saturated carbocycles. The number of hydrogen-bond acceptors (Lipinski definition) is 3. The Morgan fingerprint density at radius 3 is 2.31 bits per heavy atom. The molecule has 2 N–H and O–H groups in total. The molecule has 0 unspecified atom stereocenters. The fourth-order valence-corrected chi connectivity index (χ4v) is 1.70. The van der Waals surface area contributed by atoms with Crippen LogP contribution in [0.15, 0.2) is 30.3 Å². The normalized spacial score (nSPS) is 27.4. The van der Waals surface area contributed by atoms with Gasteiger partial charge in [-0.3, -0.25) is 0 Å². The van der Waals surface area contributed by atoms with Crippen molar-refractivity contribution in [1.82, 2.24) is 0 Å². The molecule has 0 bridgehead atoms. The Morgan fingerprint density at radius 2 is 1.88 bits per heavy atom. The number of carbonyl (C=O) groups is 2. The molecule has 16 heavy (non-hydrogen) atoms. The molecule has 2 atom stereocenters. The predicted octanol–water partition coefficient (Wildman–Crippen LogP) is 0.536. The minimum atomic E-state index is -1.59. The van der Waals surface area contributed by atoms with Gasteiger partial charge in [0.2, 0.25) is 5.60 Å². The van der Waals surface area contributed by atoms with Gasteiger partial charge in [-0.25, -0.2) is 9.59 Å². The fourth-order valence-electron chi connectivity index (χ4n) is 1.70. The molecule has 1 fully saturated rings. The van der Waals surface area contributed by atoms with Crippen molar-refractivity contribution in [3.8, 4) is 0 Å². The summed E-state index contributed by atoms with van der Waals surface area (Å²) in [5.41, 5.74) is -0.846. The van der Waals surface area contributed by atoms with E-state index in [0.29, 0.717) is 0 Å². The highest BCUT2D eigenvalue weighted by molar-refractivity contribution is 5.92. The lowest BCUT2D eigenvalue weighted by molar-refractivity contribution is -0.144. The molecule has 1 heterocycles. The van der Waals surface area contributed by atoms with Gasteiger partial charge < -0.3 is 14.9 Å². The number of carboxylic acid groups (broad SMARTS) is 2. The number of rotatable bonds is 4. The average molecular weight is 222 g/mol. The summed E-state index contributed by atoms with van der Waals surface area (Å²) in [6.07, 6.45) is -1.18. The van der Waals surface area contributed by atoms with Gasteiger partial charge in [-0.15, -0.1) is 0 Å². The Morgan fingerprint density at radius 1 is 1.25 bits per heavy atom. The van der Waals surface area contributed by atoms with Crippen LogP contribution in [-0.2, 0) is 20.7 Å². The van der Waals surface area contributed by atoms with E-state index in [4.69, 9.17) is 14.9 Å². The molecule has 5 nitrogen and oxygen atoms in total. The van der Waals surface area contributed by atoms with Crippen molar-refractivity contribution in [1.29, 1.82) is 0 Å². The quantitative estimate of drug-likeness (QED) is 0.726. The highest BCUT2D eigenvalue weighted by Crippen LogP contribution is 2.40. The van der Waals surface area contributed by atoms with Gasteiger partial charge in [-0.1, -0.05) is 30.3 Å². The molecule has 0 aliphatic carbocycles. The number of epoxide rings is 1. The molecule has 0 aromatic heterocycles. The van der Waals surface area contributed by atoms with Crippen molar-refractivity contribution in [3.05, 3.63) is 35.9 Å². The molecule has 1 aromatic rings. The van der Waals surface area contributed by atoms with Crippen molar-refractivity contribution in [2.45, 2.75) is 18.1 Å². The van der Waals surface area contributed by atoms with Crippen LogP contribution in [0.1, 0.15) is 5.56 Å². The molecule has 1 saturated heterocycles. The third-order valence-electron chi connectivity index (χ3n) is 2.59. The van der Waals surface area contributed by atoms with Gasteiger partial charge in [0, 0.05) is 6.42 Å². The van der Waals surface area contributed by atoms with Crippen LogP contribution >= 0.6 is 0 Å². The lowest BCUT2D eigenvalue weighted by atomic mass is 9.96. The summed E-state index contributed by atoms with van der Waals surface area (Å²) in [6, 6.07) is 8.82. The van der Waals surface area contributed by atoms with Crippen LogP contribution in [0, 0.1) is 0 Å². The molecule has 0 radical (unpaired) electrons. The summed E-state index contributed by atoms with van der Waals surface area (Å²) in [6.45, 7) is 0. The van der Waals surface area contributed by atoms with E-state index in [-0.39, 0.29) is 6.42 Å². The van der Waals surface area contributed by atoms with Gasteiger partial charge in [-0.2, -0.15) is 0 Å². The molecular weight excluding hydrogens is 212 g/mol. The maximum atomic E-state index is 11.0. The second-order valence-corrected chi connectivity index (χ2v) is 3.69. The van der Waals surface area contributed by atoms with Gasteiger partial charge in [0.25, 0.3) is 0 Å². The Kier molecular flexibility index (Phi) is 2.40. The Hall–Kier alpha value is -1.88. The highest BCUT2D eigenvalue weighted by Gasteiger charge is 2.67. The molecule has 2 rings (SSSR count). The first-order valence-electron chi connectivity index (χ1n) is 4.74. The molecule has 0 spiro atoms. The minimum absolute atomic E-state index is 0.0696. The molecule has 5 heteroatoms. The van der Waals surface area contributed by atoms with Crippen molar-refractivity contribution < 1.29 is 24.5 Å². The molecular formula is C11H10O5. The Labute approximate surface area is 91.3 Å².